The van der Waals surface area contributed by atoms with Gasteiger partial charge in [0, 0.05) is 30.2 Å². The molecule has 5 nitrogen and oxygen atoms in total. The van der Waals surface area contributed by atoms with Crippen molar-refractivity contribution >= 4 is 22.8 Å². The van der Waals surface area contributed by atoms with Crippen LogP contribution in [0.3, 0.4) is 0 Å². The summed E-state index contributed by atoms with van der Waals surface area (Å²) in [4.78, 5) is 26.1. The summed E-state index contributed by atoms with van der Waals surface area (Å²) in [6.07, 6.45) is 3.06. The number of aryl methyl sites for hydroxylation is 1. The molecule has 1 aromatic heterocycles. The minimum Gasteiger partial charge on any atom is -0.480 e. The van der Waals surface area contributed by atoms with E-state index in [-0.39, 0.29) is 5.91 Å². The highest BCUT2D eigenvalue weighted by atomic mass is 16.4. The molecular formula is C17H20N2O3. The number of para-hydroxylation sites is 1. The van der Waals surface area contributed by atoms with E-state index in [9.17, 15) is 14.7 Å². The number of carbonyl (C=O) groups excluding carboxylic acids is 1. The maximum absolute atomic E-state index is 13.0. The van der Waals surface area contributed by atoms with Crippen LogP contribution in [0.2, 0.25) is 0 Å². The van der Waals surface area contributed by atoms with Crippen molar-refractivity contribution in [3.8, 4) is 0 Å². The van der Waals surface area contributed by atoms with Gasteiger partial charge in [-0.3, -0.25) is 4.79 Å². The maximum atomic E-state index is 13.0. The molecule has 1 aromatic carbocycles. The number of benzene rings is 1. The van der Waals surface area contributed by atoms with Crippen LogP contribution in [0.5, 0.6) is 0 Å². The Bertz CT molecular complexity index is 749. The second-order valence-corrected chi connectivity index (χ2v) is 5.99. The first-order chi connectivity index (χ1) is 10.5. The number of aliphatic carboxylic acids is 1. The number of hydrogen-bond acceptors (Lipinski definition) is 2. The molecule has 2 aromatic rings. The number of fused-ring (bicyclic) bond motifs is 1. The lowest BCUT2D eigenvalue weighted by Crippen LogP contribution is -2.50. The fourth-order valence-corrected chi connectivity index (χ4v) is 3.34. The highest BCUT2D eigenvalue weighted by molar-refractivity contribution is 6.08. The van der Waals surface area contributed by atoms with Crippen molar-refractivity contribution in [2.75, 3.05) is 6.54 Å². The van der Waals surface area contributed by atoms with Gasteiger partial charge in [-0.1, -0.05) is 18.2 Å². The molecule has 2 heterocycles. The summed E-state index contributed by atoms with van der Waals surface area (Å²) in [6, 6.07) is 7.75. The lowest BCUT2D eigenvalue weighted by atomic mass is 9.98. The summed E-state index contributed by atoms with van der Waals surface area (Å²) in [5.41, 5.74) is 0.489. The van der Waals surface area contributed by atoms with Gasteiger partial charge in [-0.2, -0.15) is 0 Å². The van der Waals surface area contributed by atoms with Gasteiger partial charge in [0.15, 0.2) is 0 Å². The molecule has 5 heteroatoms. The van der Waals surface area contributed by atoms with Crippen LogP contribution in [0.25, 0.3) is 10.9 Å². The van der Waals surface area contributed by atoms with Gasteiger partial charge in [0.25, 0.3) is 5.91 Å². The van der Waals surface area contributed by atoms with Crippen molar-refractivity contribution in [3.63, 3.8) is 0 Å². The molecule has 1 atom stereocenters. The molecule has 116 valence electrons. The second-order valence-electron chi connectivity index (χ2n) is 5.99. The fourth-order valence-electron chi connectivity index (χ4n) is 3.34. The highest BCUT2D eigenvalue weighted by Gasteiger charge is 2.46. The Balaban J connectivity index is 2.08. The lowest BCUT2D eigenvalue weighted by molar-refractivity contribution is -0.147. The zero-order valence-electron chi connectivity index (χ0n) is 12.9. The molecule has 0 aliphatic carbocycles. The van der Waals surface area contributed by atoms with E-state index < -0.39 is 11.5 Å². The van der Waals surface area contributed by atoms with Gasteiger partial charge in [0.05, 0.1) is 5.56 Å². The van der Waals surface area contributed by atoms with Crippen molar-refractivity contribution in [2.45, 2.75) is 38.8 Å². The van der Waals surface area contributed by atoms with Crippen LogP contribution in [0, 0.1) is 0 Å². The predicted octanol–water partition coefficient (Wildman–Crippen LogP) is 2.74. The molecule has 1 fully saturated rings. The summed E-state index contributed by atoms with van der Waals surface area (Å²) >= 11 is 0. The van der Waals surface area contributed by atoms with E-state index in [0.717, 1.165) is 23.9 Å². The number of hydrogen-bond donors (Lipinski definition) is 1. The van der Waals surface area contributed by atoms with Crippen LogP contribution in [0.15, 0.2) is 30.5 Å². The topological polar surface area (TPSA) is 62.5 Å². The van der Waals surface area contributed by atoms with E-state index >= 15 is 0 Å². The van der Waals surface area contributed by atoms with E-state index in [2.05, 4.69) is 0 Å². The van der Waals surface area contributed by atoms with Gasteiger partial charge in [0.2, 0.25) is 0 Å². The zero-order valence-corrected chi connectivity index (χ0v) is 12.9. The quantitative estimate of drug-likeness (QED) is 0.948. The number of carboxylic acids is 1. The first kappa shape index (κ1) is 14.6. The first-order valence-electron chi connectivity index (χ1n) is 7.62. The third kappa shape index (κ3) is 2.00. The molecule has 1 unspecified atom stereocenters. The Labute approximate surface area is 129 Å². The Morgan fingerprint density at radius 2 is 2.05 bits per heavy atom. The average Bonchev–Trinajstić information content (AvgIpc) is 3.08. The third-order valence-corrected chi connectivity index (χ3v) is 4.71. The molecule has 0 spiro atoms. The summed E-state index contributed by atoms with van der Waals surface area (Å²) in [7, 11) is 0. The number of rotatable bonds is 3. The van der Waals surface area contributed by atoms with Crippen molar-refractivity contribution in [1.29, 1.82) is 0 Å². The molecule has 0 radical (unpaired) electrons. The molecule has 1 aliphatic heterocycles. The molecule has 3 rings (SSSR count). The summed E-state index contributed by atoms with van der Waals surface area (Å²) in [5.74, 6) is -1.12. The zero-order chi connectivity index (χ0) is 15.9. The largest absolute Gasteiger partial charge is 0.480 e. The number of carboxylic acid groups (broad SMARTS) is 1. The van der Waals surface area contributed by atoms with Crippen molar-refractivity contribution in [2.24, 2.45) is 0 Å². The van der Waals surface area contributed by atoms with Gasteiger partial charge in [0.1, 0.15) is 5.54 Å². The lowest BCUT2D eigenvalue weighted by Gasteiger charge is -2.31. The molecule has 0 saturated carbocycles. The van der Waals surface area contributed by atoms with Crippen LogP contribution in [0.1, 0.15) is 37.0 Å². The van der Waals surface area contributed by atoms with Crippen LogP contribution >= 0.6 is 0 Å². The number of nitrogens with zero attached hydrogens (tertiary/aromatic N) is 2. The van der Waals surface area contributed by atoms with E-state index in [4.69, 9.17) is 0 Å². The number of likely N-dealkylation sites (tertiary alicyclic amines) is 1. The Kier molecular flexibility index (Phi) is 3.43. The Morgan fingerprint density at radius 1 is 1.32 bits per heavy atom. The molecular weight excluding hydrogens is 280 g/mol. The minimum absolute atomic E-state index is 0.189. The van der Waals surface area contributed by atoms with E-state index in [1.807, 2.05) is 42.0 Å². The van der Waals surface area contributed by atoms with E-state index in [1.54, 1.807) is 6.92 Å². The molecule has 0 bridgehead atoms. The number of carbonyl (C=O) groups is 2. The molecule has 1 saturated heterocycles. The normalized spacial score (nSPS) is 21.5. The predicted molar refractivity (Wildman–Crippen MR) is 83.9 cm³/mol. The first-order valence-corrected chi connectivity index (χ1v) is 7.62. The smallest absolute Gasteiger partial charge is 0.329 e. The Hall–Kier alpha value is -2.30. The molecule has 1 amide bonds. The van der Waals surface area contributed by atoms with Crippen LogP contribution in [-0.2, 0) is 11.3 Å². The van der Waals surface area contributed by atoms with E-state index in [0.29, 0.717) is 18.5 Å². The van der Waals surface area contributed by atoms with Gasteiger partial charge in [-0.25, -0.2) is 4.79 Å². The van der Waals surface area contributed by atoms with Crippen LogP contribution < -0.4 is 0 Å². The monoisotopic (exact) mass is 300 g/mol. The molecule has 1 N–H and O–H groups in total. The van der Waals surface area contributed by atoms with Crippen molar-refractivity contribution in [3.05, 3.63) is 36.0 Å². The molecule has 1 aliphatic rings. The van der Waals surface area contributed by atoms with E-state index in [1.165, 1.54) is 4.90 Å². The third-order valence-electron chi connectivity index (χ3n) is 4.71. The number of aromatic nitrogens is 1. The maximum Gasteiger partial charge on any atom is 0.329 e. The molecule has 22 heavy (non-hydrogen) atoms. The standard InChI is InChI=1S/C17H20N2O3/c1-3-18-11-13(12-7-4-5-8-14(12)18)15(20)19-10-6-9-17(19,2)16(21)22/h4-5,7-8,11H,3,6,9-10H2,1-2H3,(H,21,22). The van der Waals surface area contributed by atoms with Crippen LogP contribution in [-0.4, -0.2) is 38.5 Å². The van der Waals surface area contributed by atoms with Crippen LogP contribution in [0.4, 0.5) is 0 Å². The Morgan fingerprint density at radius 3 is 2.73 bits per heavy atom. The van der Waals surface area contributed by atoms with Gasteiger partial charge in [-0.15, -0.1) is 0 Å². The summed E-state index contributed by atoms with van der Waals surface area (Å²) in [6.45, 7) is 4.93. The highest BCUT2D eigenvalue weighted by Crippen LogP contribution is 2.32. The summed E-state index contributed by atoms with van der Waals surface area (Å²) in [5, 5.41) is 10.4. The summed E-state index contributed by atoms with van der Waals surface area (Å²) < 4.78 is 2.02. The van der Waals surface area contributed by atoms with Gasteiger partial charge in [-0.05, 0) is 32.8 Å². The average molecular weight is 300 g/mol. The SMILES string of the molecule is CCn1cc(C(=O)N2CCCC2(C)C(=O)O)c2ccccc21. The van der Waals surface area contributed by atoms with Gasteiger partial charge < -0.3 is 14.6 Å². The van der Waals surface area contributed by atoms with Crippen molar-refractivity contribution < 1.29 is 14.7 Å². The fraction of sp³-hybridized carbons (Fsp3) is 0.412. The van der Waals surface area contributed by atoms with Crippen molar-refractivity contribution in [1.82, 2.24) is 9.47 Å². The second kappa shape index (κ2) is 5.16. The number of amides is 1. The van der Waals surface area contributed by atoms with Gasteiger partial charge >= 0.3 is 5.97 Å². The minimum atomic E-state index is -1.10.